The molecule has 1 saturated heterocycles. The van der Waals surface area contributed by atoms with Gasteiger partial charge >= 0.3 is 0 Å². The van der Waals surface area contributed by atoms with Gasteiger partial charge in [-0.1, -0.05) is 12.1 Å². The summed E-state index contributed by atoms with van der Waals surface area (Å²) < 4.78 is 5.55. The summed E-state index contributed by atoms with van der Waals surface area (Å²) in [5.41, 5.74) is 2.36. The Bertz CT molecular complexity index is 891. The van der Waals surface area contributed by atoms with Crippen LogP contribution in [0, 0.1) is 0 Å². The molecule has 0 aliphatic carbocycles. The number of fused-ring (bicyclic) bond motifs is 1. The number of amides is 3. The Hall–Kier alpha value is -3.19. The number of rotatable bonds is 4. The third kappa shape index (κ3) is 3.48. The van der Waals surface area contributed by atoms with Gasteiger partial charge in [-0.2, -0.15) is 0 Å². The van der Waals surface area contributed by atoms with Crippen LogP contribution in [-0.2, 0) is 9.53 Å². The van der Waals surface area contributed by atoms with Gasteiger partial charge in [-0.25, -0.2) is 0 Å². The molecule has 3 amide bonds. The van der Waals surface area contributed by atoms with Crippen LogP contribution >= 0.6 is 0 Å². The van der Waals surface area contributed by atoms with E-state index in [0.29, 0.717) is 23.4 Å². The number of ether oxygens (including phenoxy) is 1. The zero-order valence-electron chi connectivity index (χ0n) is 15.6. The van der Waals surface area contributed by atoms with Gasteiger partial charge in [-0.3, -0.25) is 19.3 Å². The van der Waals surface area contributed by atoms with E-state index in [1.54, 1.807) is 24.3 Å². The fourth-order valence-corrected chi connectivity index (χ4v) is 3.54. The van der Waals surface area contributed by atoms with Crippen molar-refractivity contribution in [3.8, 4) is 0 Å². The fourth-order valence-electron chi connectivity index (χ4n) is 3.54. The molecule has 1 atom stereocenters. The molecule has 0 aromatic heterocycles. The quantitative estimate of drug-likeness (QED) is 0.824. The molecule has 28 heavy (non-hydrogen) atoms. The molecule has 2 aromatic carbocycles. The predicted molar refractivity (Wildman–Crippen MR) is 105 cm³/mol. The maximum absolute atomic E-state index is 12.4. The van der Waals surface area contributed by atoms with Gasteiger partial charge in [0.25, 0.3) is 11.8 Å². The summed E-state index contributed by atoms with van der Waals surface area (Å²) in [5.74, 6) is -1.29. The largest absolute Gasteiger partial charge is 0.375 e. The lowest BCUT2D eigenvalue weighted by Gasteiger charge is -2.33. The van der Waals surface area contributed by atoms with Crippen LogP contribution < -0.4 is 10.2 Å². The van der Waals surface area contributed by atoms with Crippen molar-refractivity contribution in [3.05, 3.63) is 59.7 Å². The molecule has 0 radical (unpaired) electrons. The van der Waals surface area contributed by atoms with Crippen molar-refractivity contribution in [2.24, 2.45) is 0 Å². The lowest BCUT2D eigenvalue weighted by molar-refractivity contribution is -0.116. The minimum absolute atomic E-state index is 0.188. The Morgan fingerprint density at radius 2 is 1.71 bits per heavy atom. The molecule has 0 spiro atoms. The highest BCUT2D eigenvalue weighted by Crippen LogP contribution is 2.23. The summed E-state index contributed by atoms with van der Waals surface area (Å²) in [5, 5.41) is 2.75. The number of imide groups is 1. The summed E-state index contributed by atoms with van der Waals surface area (Å²) in [4.78, 5) is 40.3. The number of carbonyl (C=O) groups excluding carboxylic acids is 3. The summed E-state index contributed by atoms with van der Waals surface area (Å²) in [7, 11) is 0. The molecule has 1 fully saturated rings. The van der Waals surface area contributed by atoms with Gasteiger partial charge in [-0.05, 0) is 43.3 Å². The summed E-state index contributed by atoms with van der Waals surface area (Å²) in [6.45, 7) is 4.08. The Labute approximate surface area is 162 Å². The van der Waals surface area contributed by atoms with Crippen LogP contribution in [0.3, 0.4) is 0 Å². The van der Waals surface area contributed by atoms with Gasteiger partial charge in [0.1, 0.15) is 6.54 Å². The molecule has 144 valence electrons. The van der Waals surface area contributed by atoms with E-state index >= 15 is 0 Å². The molecule has 0 saturated carbocycles. The second kappa shape index (κ2) is 7.44. The molecule has 7 nitrogen and oxygen atoms in total. The Morgan fingerprint density at radius 3 is 2.32 bits per heavy atom. The van der Waals surface area contributed by atoms with E-state index in [1.165, 1.54) is 0 Å². The second-order valence-electron chi connectivity index (χ2n) is 6.96. The van der Waals surface area contributed by atoms with Gasteiger partial charge in [0.2, 0.25) is 5.91 Å². The molecule has 0 bridgehead atoms. The number of hydrogen-bond acceptors (Lipinski definition) is 5. The van der Waals surface area contributed by atoms with E-state index < -0.39 is 17.7 Å². The molecule has 4 rings (SSSR count). The normalized spacial score (nSPS) is 19.0. The Balaban J connectivity index is 1.38. The summed E-state index contributed by atoms with van der Waals surface area (Å²) in [6.07, 6.45) is 0.188. The molecule has 1 N–H and O–H groups in total. The first kappa shape index (κ1) is 18.2. The Morgan fingerprint density at radius 1 is 1.07 bits per heavy atom. The van der Waals surface area contributed by atoms with Gasteiger partial charge < -0.3 is 15.0 Å². The average Bonchev–Trinajstić information content (AvgIpc) is 2.94. The number of nitrogens with zero attached hydrogens (tertiary/aromatic N) is 2. The Kier molecular flexibility index (Phi) is 4.83. The number of hydrogen-bond donors (Lipinski definition) is 1. The van der Waals surface area contributed by atoms with Crippen LogP contribution in [0.15, 0.2) is 48.5 Å². The van der Waals surface area contributed by atoms with Crippen molar-refractivity contribution in [2.45, 2.75) is 13.0 Å². The molecule has 2 aliphatic rings. The van der Waals surface area contributed by atoms with E-state index in [-0.39, 0.29) is 12.6 Å². The zero-order chi connectivity index (χ0) is 19.7. The number of benzene rings is 2. The first-order valence-electron chi connectivity index (χ1n) is 9.24. The highest BCUT2D eigenvalue weighted by Gasteiger charge is 2.36. The first-order chi connectivity index (χ1) is 13.5. The topological polar surface area (TPSA) is 79.0 Å². The fraction of sp³-hybridized carbons (Fsp3) is 0.286. The molecule has 2 heterocycles. The highest BCUT2D eigenvalue weighted by atomic mass is 16.5. The van der Waals surface area contributed by atoms with Crippen LogP contribution in [0.25, 0.3) is 0 Å². The molecule has 2 aliphatic heterocycles. The van der Waals surface area contributed by atoms with E-state index in [1.807, 2.05) is 31.2 Å². The lowest BCUT2D eigenvalue weighted by Crippen LogP contribution is -2.41. The maximum Gasteiger partial charge on any atom is 0.262 e. The van der Waals surface area contributed by atoms with Gasteiger partial charge in [0, 0.05) is 24.5 Å². The average molecular weight is 379 g/mol. The lowest BCUT2D eigenvalue weighted by atomic mass is 10.1. The number of carbonyl (C=O) groups is 3. The van der Waals surface area contributed by atoms with Crippen LogP contribution in [-0.4, -0.2) is 55.0 Å². The first-order valence-corrected chi connectivity index (χ1v) is 9.24. The van der Waals surface area contributed by atoms with E-state index in [0.717, 1.165) is 23.7 Å². The van der Waals surface area contributed by atoms with Crippen molar-refractivity contribution in [3.63, 3.8) is 0 Å². The molecule has 7 heteroatoms. The van der Waals surface area contributed by atoms with E-state index in [4.69, 9.17) is 4.74 Å². The highest BCUT2D eigenvalue weighted by molar-refractivity contribution is 6.22. The third-order valence-electron chi connectivity index (χ3n) is 4.94. The molecular formula is C21H21N3O4. The maximum atomic E-state index is 12.4. The summed E-state index contributed by atoms with van der Waals surface area (Å²) in [6, 6.07) is 14.1. The standard InChI is InChI=1S/C21H21N3O4/c1-14-12-23(10-11-28-14)16-8-6-15(7-9-16)22-19(25)13-24-20(26)17-4-2-3-5-18(17)21(24)27/h2-9,14H,10-13H2,1H3,(H,22,25). The molecule has 1 unspecified atom stereocenters. The van der Waals surface area contributed by atoms with Gasteiger partial charge in [0.05, 0.1) is 23.8 Å². The minimum atomic E-state index is -0.437. The molecular weight excluding hydrogens is 358 g/mol. The third-order valence-corrected chi connectivity index (χ3v) is 4.94. The van der Waals surface area contributed by atoms with Crippen LogP contribution in [0.1, 0.15) is 27.6 Å². The second-order valence-corrected chi connectivity index (χ2v) is 6.96. The number of nitrogens with one attached hydrogen (secondary N) is 1. The van der Waals surface area contributed by atoms with Crippen molar-refractivity contribution in [1.29, 1.82) is 0 Å². The van der Waals surface area contributed by atoms with Crippen LogP contribution in [0.5, 0.6) is 0 Å². The van der Waals surface area contributed by atoms with Gasteiger partial charge in [-0.15, -0.1) is 0 Å². The smallest absolute Gasteiger partial charge is 0.262 e. The van der Waals surface area contributed by atoms with Crippen LogP contribution in [0.2, 0.25) is 0 Å². The number of morpholine rings is 1. The predicted octanol–water partition coefficient (Wildman–Crippen LogP) is 2.15. The minimum Gasteiger partial charge on any atom is -0.375 e. The zero-order valence-corrected chi connectivity index (χ0v) is 15.6. The van der Waals surface area contributed by atoms with Gasteiger partial charge in [0.15, 0.2) is 0 Å². The van der Waals surface area contributed by atoms with Crippen LogP contribution in [0.4, 0.5) is 11.4 Å². The number of anilines is 2. The SMILES string of the molecule is CC1CN(c2ccc(NC(=O)CN3C(=O)c4ccccc4C3=O)cc2)CCO1. The summed E-state index contributed by atoms with van der Waals surface area (Å²) >= 11 is 0. The van der Waals surface area contributed by atoms with Crippen molar-refractivity contribution in [1.82, 2.24) is 4.90 Å². The van der Waals surface area contributed by atoms with Crippen molar-refractivity contribution in [2.75, 3.05) is 36.5 Å². The van der Waals surface area contributed by atoms with E-state index in [2.05, 4.69) is 10.2 Å². The van der Waals surface area contributed by atoms with E-state index in [9.17, 15) is 14.4 Å². The van der Waals surface area contributed by atoms with Crippen molar-refractivity contribution >= 4 is 29.1 Å². The van der Waals surface area contributed by atoms with Crippen molar-refractivity contribution < 1.29 is 19.1 Å². The monoisotopic (exact) mass is 379 g/mol. The molecule has 2 aromatic rings.